The minimum absolute atomic E-state index is 0.297. The van der Waals surface area contributed by atoms with E-state index in [1.807, 2.05) is 37.3 Å². The third-order valence-corrected chi connectivity index (χ3v) is 3.56. The molecule has 1 aromatic heterocycles. The molecule has 0 spiro atoms. The van der Waals surface area contributed by atoms with Gasteiger partial charge in [0.15, 0.2) is 0 Å². The highest BCUT2D eigenvalue weighted by Gasteiger charge is 2.13. The summed E-state index contributed by atoms with van der Waals surface area (Å²) in [5, 5.41) is 9.02. The fourth-order valence-electron chi connectivity index (χ4n) is 1.71. The fourth-order valence-corrected chi connectivity index (χ4v) is 2.42. The Kier molecular flexibility index (Phi) is 4.96. The summed E-state index contributed by atoms with van der Waals surface area (Å²) in [5.41, 5.74) is 3.19. The number of nitriles is 1. The van der Waals surface area contributed by atoms with Gasteiger partial charge in [0.1, 0.15) is 11.1 Å². The molecule has 4 nitrogen and oxygen atoms in total. The molecule has 1 heterocycles. The zero-order chi connectivity index (χ0) is 15.2. The Bertz CT molecular complexity index is 690. The number of carbonyl (C=O) groups excluding carboxylic acids is 1. The van der Waals surface area contributed by atoms with Crippen LogP contribution in [0.25, 0.3) is 11.3 Å². The van der Waals surface area contributed by atoms with E-state index in [0.717, 1.165) is 28.6 Å². The van der Waals surface area contributed by atoms with Crippen molar-refractivity contribution in [2.24, 2.45) is 0 Å². The van der Waals surface area contributed by atoms with Crippen molar-refractivity contribution < 1.29 is 9.53 Å². The first-order valence-corrected chi connectivity index (χ1v) is 7.28. The van der Waals surface area contributed by atoms with Crippen LogP contribution < -0.4 is 0 Å². The van der Waals surface area contributed by atoms with Crippen molar-refractivity contribution in [2.75, 3.05) is 6.61 Å². The Morgan fingerprint density at radius 1 is 1.29 bits per heavy atom. The van der Waals surface area contributed by atoms with Gasteiger partial charge in [0.2, 0.25) is 0 Å². The van der Waals surface area contributed by atoms with E-state index in [1.165, 1.54) is 0 Å². The van der Waals surface area contributed by atoms with E-state index >= 15 is 0 Å². The molecule has 5 heteroatoms. The first-order valence-electron chi connectivity index (χ1n) is 6.47. The van der Waals surface area contributed by atoms with Crippen LogP contribution >= 0.6 is 11.8 Å². The molecule has 0 atom stereocenters. The third-order valence-electron chi connectivity index (χ3n) is 2.77. The van der Waals surface area contributed by atoms with E-state index < -0.39 is 5.30 Å². The molecule has 0 amide bonds. The quantitative estimate of drug-likeness (QED) is 0.628. The minimum Gasteiger partial charge on any atom is -0.458 e. The van der Waals surface area contributed by atoms with Crippen molar-refractivity contribution in [1.82, 2.24) is 4.98 Å². The third kappa shape index (κ3) is 3.83. The molecular formula is C16H14N2O2S. The first kappa shape index (κ1) is 15.1. The number of carbonyl (C=O) groups is 1. The zero-order valence-electron chi connectivity index (χ0n) is 11.8. The van der Waals surface area contributed by atoms with Gasteiger partial charge in [-0.1, -0.05) is 29.8 Å². The Labute approximate surface area is 127 Å². The molecule has 0 radical (unpaired) electrons. The average Bonchev–Trinajstić information content (AvgIpc) is 2.48. The van der Waals surface area contributed by atoms with E-state index in [4.69, 9.17) is 10.00 Å². The maximum Gasteiger partial charge on any atom is 0.373 e. The highest BCUT2D eigenvalue weighted by molar-refractivity contribution is 8.13. The van der Waals surface area contributed by atoms with E-state index in [1.54, 1.807) is 19.1 Å². The van der Waals surface area contributed by atoms with Gasteiger partial charge in [-0.15, -0.1) is 0 Å². The Hall–Kier alpha value is -2.32. The number of thioether (sulfide) groups is 1. The van der Waals surface area contributed by atoms with Crippen LogP contribution in [0.5, 0.6) is 0 Å². The predicted molar refractivity (Wildman–Crippen MR) is 82.0 cm³/mol. The van der Waals surface area contributed by atoms with E-state index in [0.29, 0.717) is 17.2 Å². The van der Waals surface area contributed by atoms with Gasteiger partial charge in [-0.25, -0.2) is 9.78 Å². The van der Waals surface area contributed by atoms with Crippen LogP contribution in [0.4, 0.5) is 4.79 Å². The van der Waals surface area contributed by atoms with Crippen LogP contribution in [-0.4, -0.2) is 16.9 Å². The summed E-state index contributed by atoms with van der Waals surface area (Å²) in [6.45, 7) is 4.04. The van der Waals surface area contributed by atoms with Gasteiger partial charge in [0, 0.05) is 17.3 Å². The molecule has 0 fully saturated rings. The maximum atomic E-state index is 11.6. The number of rotatable bonds is 3. The summed E-state index contributed by atoms with van der Waals surface area (Å²) in [7, 11) is 0. The molecule has 106 valence electrons. The number of hydrogen-bond acceptors (Lipinski definition) is 5. The number of nitrogens with zero attached hydrogens (tertiary/aromatic N) is 2. The molecule has 0 aliphatic heterocycles. The lowest BCUT2D eigenvalue weighted by Crippen LogP contribution is -1.99. The summed E-state index contributed by atoms with van der Waals surface area (Å²) >= 11 is 0.837. The highest BCUT2D eigenvalue weighted by atomic mass is 32.2. The summed E-state index contributed by atoms with van der Waals surface area (Å²) in [4.78, 5) is 16.0. The van der Waals surface area contributed by atoms with Crippen LogP contribution in [0, 0.1) is 18.3 Å². The van der Waals surface area contributed by atoms with Gasteiger partial charge in [0.25, 0.3) is 0 Å². The molecule has 0 N–H and O–H groups in total. The molecule has 0 aliphatic rings. The summed E-state index contributed by atoms with van der Waals surface area (Å²) in [5.74, 6) is 0. The Morgan fingerprint density at radius 2 is 2.00 bits per heavy atom. The standard InChI is InChI=1S/C16H14N2O2S/c1-3-20-16(19)21-15-13(10-17)8-9-14(18-15)12-6-4-11(2)5-7-12/h4-9H,3H2,1-2H3. The average molecular weight is 298 g/mol. The molecule has 1 aromatic carbocycles. The van der Waals surface area contributed by atoms with Gasteiger partial charge < -0.3 is 4.74 Å². The number of pyridine rings is 1. The Morgan fingerprint density at radius 3 is 2.62 bits per heavy atom. The van der Waals surface area contributed by atoms with Gasteiger partial charge in [-0.2, -0.15) is 5.26 Å². The van der Waals surface area contributed by atoms with Crippen LogP contribution in [0.3, 0.4) is 0 Å². The second-order valence-electron chi connectivity index (χ2n) is 4.31. The number of benzene rings is 1. The highest BCUT2D eigenvalue weighted by Crippen LogP contribution is 2.26. The van der Waals surface area contributed by atoms with E-state index in [9.17, 15) is 4.79 Å². The summed E-state index contributed by atoms with van der Waals surface area (Å²) in [6, 6.07) is 13.4. The van der Waals surface area contributed by atoms with Crippen molar-refractivity contribution >= 4 is 17.1 Å². The Balaban J connectivity index is 2.35. The zero-order valence-corrected chi connectivity index (χ0v) is 12.6. The normalized spacial score (nSPS) is 9.95. The van der Waals surface area contributed by atoms with Gasteiger partial charge in [-0.05, 0) is 26.0 Å². The van der Waals surface area contributed by atoms with Gasteiger partial charge in [0.05, 0.1) is 17.9 Å². The van der Waals surface area contributed by atoms with Gasteiger partial charge in [-0.3, -0.25) is 0 Å². The molecule has 21 heavy (non-hydrogen) atoms. The monoisotopic (exact) mass is 298 g/mol. The number of aromatic nitrogens is 1. The molecule has 0 unspecified atom stereocenters. The molecular weight excluding hydrogens is 284 g/mol. The van der Waals surface area contributed by atoms with Crippen molar-refractivity contribution in [3.05, 3.63) is 47.5 Å². The van der Waals surface area contributed by atoms with Crippen molar-refractivity contribution in [1.29, 1.82) is 5.26 Å². The van der Waals surface area contributed by atoms with Crippen molar-refractivity contribution in [3.8, 4) is 17.3 Å². The maximum absolute atomic E-state index is 11.6. The molecule has 2 rings (SSSR count). The van der Waals surface area contributed by atoms with Crippen LogP contribution in [0.1, 0.15) is 18.1 Å². The summed E-state index contributed by atoms with van der Waals surface area (Å²) in [6.07, 6.45) is 0. The molecule has 0 saturated carbocycles. The van der Waals surface area contributed by atoms with Crippen molar-refractivity contribution in [2.45, 2.75) is 18.9 Å². The van der Waals surface area contributed by atoms with Crippen LogP contribution in [-0.2, 0) is 4.74 Å². The molecule has 0 aliphatic carbocycles. The van der Waals surface area contributed by atoms with Gasteiger partial charge >= 0.3 is 5.30 Å². The number of hydrogen-bond donors (Lipinski definition) is 0. The minimum atomic E-state index is -0.456. The first-order chi connectivity index (χ1) is 10.1. The predicted octanol–water partition coefficient (Wildman–Crippen LogP) is 4.18. The smallest absolute Gasteiger partial charge is 0.373 e. The van der Waals surface area contributed by atoms with E-state index in [-0.39, 0.29) is 0 Å². The summed E-state index contributed by atoms with van der Waals surface area (Å²) < 4.78 is 4.88. The van der Waals surface area contributed by atoms with Crippen molar-refractivity contribution in [3.63, 3.8) is 0 Å². The SMILES string of the molecule is CCOC(=O)Sc1nc(-c2ccc(C)cc2)ccc1C#N. The second-order valence-corrected chi connectivity index (χ2v) is 5.24. The van der Waals surface area contributed by atoms with Crippen LogP contribution in [0.2, 0.25) is 0 Å². The molecule has 0 saturated heterocycles. The topological polar surface area (TPSA) is 63.0 Å². The van der Waals surface area contributed by atoms with Crippen LogP contribution in [0.15, 0.2) is 41.4 Å². The lowest BCUT2D eigenvalue weighted by atomic mass is 10.1. The number of ether oxygens (including phenoxy) is 1. The van der Waals surface area contributed by atoms with E-state index in [2.05, 4.69) is 4.98 Å². The fraction of sp³-hybridized carbons (Fsp3) is 0.188. The number of aryl methyl sites for hydroxylation is 1. The largest absolute Gasteiger partial charge is 0.458 e. The molecule has 0 bridgehead atoms. The molecule has 2 aromatic rings. The second kappa shape index (κ2) is 6.91. The lowest BCUT2D eigenvalue weighted by molar-refractivity contribution is 0.181. The lowest BCUT2D eigenvalue weighted by Gasteiger charge is -2.06.